The van der Waals surface area contributed by atoms with Crippen LogP contribution in [0.1, 0.15) is 38.2 Å². The van der Waals surface area contributed by atoms with Crippen LogP contribution in [0, 0.1) is 5.92 Å². The second kappa shape index (κ2) is 8.66. The Balaban J connectivity index is 1.36. The van der Waals surface area contributed by atoms with Crippen LogP contribution in [0.4, 0.5) is 23.8 Å². The molecule has 4 rings (SSSR count). The van der Waals surface area contributed by atoms with Crippen molar-refractivity contribution in [3.05, 3.63) is 22.8 Å². The number of hydrogen-bond acceptors (Lipinski definition) is 5. The quantitative estimate of drug-likeness (QED) is 0.663. The second-order valence-corrected chi connectivity index (χ2v) is 9.24. The van der Waals surface area contributed by atoms with Crippen LogP contribution in [-0.4, -0.2) is 70.9 Å². The van der Waals surface area contributed by atoms with Crippen molar-refractivity contribution in [2.75, 3.05) is 37.6 Å². The number of alkyl halides is 3. The number of nitrogens with zero attached hydrogens (tertiary/aromatic N) is 4. The van der Waals surface area contributed by atoms with Crippen LogP contribution >= 0.6 is 11.6 Å². The zero-order valence-electron chi connectivity index (χ0n) is 18.1. The second-order valence-electron chi connectivity index (χ2n) is 8.83. The minimum Gasteiger partial charge on any atom is -0.352 e. The van der Waals surface area contributed by atoms with Gasteiger partial charge in [0, 0.05) is 32.4 Å². The third-order valence-corrected chi connectivity index (χ3v) is 7.15. The largest absolute Gasteiger partial charge is 0.417 e. The summed E-state index contributed by atoms with van der Waals surface area (Å²) >= 11 is 6.02. The Morgan fingerprint density at radius 2 is 1.94 bits per heavy atom. The molecule has 1 spiro atoms. The topological polar surface area (TPSA) is 85.8 Å². The molecule has 8 nitrogen and oxygen atoms in total. The average molecular weight is 488 g/mol. The van der Waals surface area contributed by atoms with Crippen LogP contribution in [0.5, 0.6) is 0 Å². The predicted octanol–water partition coefficient (Wildman–Crippen LogP) is 2.90. The highest BCUT2D eigenvalue weighted by molar-refractivity contribution is 6.33. The average Bonchev–Trinajstić information content (AvgIpc) is 3.00. The number of amides is 4. The molecule has 3 fully saturated rings. The third kappa shape index (κ3) is 4.34. The van der Waals surface area contributed by atoms with E-state index in [0.29, 0.717) is 19.5 Å². The van der Waals surface area contributed by atoms with Gasteiger partial charge in [0.25, 0.3) is 5.91 Å². The zero-order chi connectivity index (χ0) is 24.0. The molecule has 12 heteroatoms. The van der Waals surface area contributed by atoms with E-state index in [1.54, 1.807) is 4.90 Å². The van der Waals surface area contributed by atoms with Gasteiger partial charge in [-0.25, -0.2) is 9.78 Å². The molecule has 0 bridgehead atoms. The number of aromatic nitrogens is 1. The van der Waals surface area contributed by atoms with E-state index in [1.165, 1.54) is 4.90 Å². The Kier molecular flexibility index (Phi) is 6.19. The summed E-state index contributed by atoms with van der Waals surface area (Å²) in [5.74, 6) is -0.469. The molecule has 1 N–H and O–H groups in total. The first-order valence-corrected chi connectivity index (χ1v) is 11.3. The lowest BCUT2D eigenvalue weighted by Crippen LogP contribution is -2.55. The molecule has 180 valence electrons. The number of pyridine rings is 1. The van der Waals surface area contributed by atoms with Crippen molar-refractivity contribution in [3.8, 4) is 0 Å². The number of urea groups is 1. The van der Waals surface area contributed by atoms with Crippen LogP contribution in [0.2, 0.25) is 5.02 Å². The minimum atomic E-state index is -4.53. The van der Waals surface area contributed by atoms with Crippen LogP contribution in [0.25, 0.3) is 0 Å². The summed E-state index contributed by atoms with van der Waals surface area (Å²) in [5.41, 5.74) is -1.84. The maximum absolute atomic E-state index is 13.1. The van der Waals surface area contributed by atoms with Gasteiger partial charge in [-0.3, -0.25) is 14.5 Å². The molecule has 3 heterocycles. The van der Waals surface area contributed by atoms with E-state index in [4.69, 9.17) is 11.6 Å². The van der Waals surface area contributed by atoms with Crippen molar-refractivity contribution >= 4 is 35.3 Å². The molecule has 0 unspecified atom stereocenters. The first-order chi connectivity index (χ1) is 15.5. The van der Waals surface area contributed by atoms with E-state index in [0.717, 1.165) is 36.4 Å². The van der Waals surface area contributed by atoms with Crippen molar-refractivity contribution in [3.63, 3.8) is 0 Å². The number of imide groups is 1. The standard InChI is InChI=1S/C21H25ClF3N5O3/c1-13-4-2-3-5-20(13)18(32)30(19(33)27-20)12-16(31)28-6-8-29(9-7-28)17-15(22)10-14(11-26-17)21(23,24)25/h10-11,13H,2-9,12H2,1H3,(H,27,33)/t13-,20+/m0/s1. The number of halogens is 4. The Hall–Kier alpha value is -2.56. The zero-order valence-corrected chi connectivity index (χ0v) is 18.9. The lowest BCUT2D eigenvalue weighted by molar-refractivity contribution is -0.140. The summed E-state index contributed by atoms with van der Waals surface area (Å²) in [6.07, 6.45) is -0.529. The lowest BCUT2D eigenvalue weighted by Gasteiger charge is -2.37. The van der Waals surface area contributed by atoms with E-state index >= 15 is 0 Å². The van der Waals surface area contributed by atoms with Gasteiger partial charge in [0.2, 0.25) is 5.91 Å². The Bertz CT molecular complexity index is 967. The van der Waals surface area contributed by atoms with Crippen LogP contribution in [-0.2, 0) is 15.8 Å². The highest BCUT2D eigenvalue weighted by Gasteiger charge is 2.55. The van der Waals surface area contributed by atoms with Gasteiger partial charge < -0.3 is 15.1 Å². The maximum Gasteiger partial charge on any atom is 0.417 e. The number of anilines is 1. The van der Waals surface area contributed by atoms with E-state index < -0.39 is 23.3 Å². The third-order valence-electron chi connectivity index (χ3n) is 6.88. The van der Waals surface area contributed by atoms with Crippen molar-refractivity contribution in [2.24, 2.45) is 5.92 Å². The van der Waals surface area contributed by atoms with Crippen LogP contribution < -0.4 is 10.2 Å². The summed E-state index contributed by atoms with van der Waals surface area (Å²) < 4.78 is 38.5. The van der Waals surface area contributed by atoms with Gasteiger partial charge in [0.15, 0.2) is 0 Å². The number of piperazine rings is 1. The highest BCUT2D eigenvalue weighted by Crippen LogP contribution is 2.38. The van der Waals surface area contributed by atoms with Gasteiger partial charge in [-0.1, -0.05) is 31.4 Å². The molecule has 1 saturated carbocycles. The molecule has 2 atom stereocenters. The predicted molar refractivity (Wildman–Crippen MR) is 114 cm³/mol. The monoisotopic (exact) mass is 487 g/mol. The molecule has 1 aromatic rings. The molecule has 33 heavy (non-hydrogen) atoms. The SMILES string of the molecule is C[C@H]1CCCC[C@@]12NC(=O)N(CC(=O)N1CCN(c3ncc(C(F)(F)F)cc3Cl)CC1)C2=O. The maximum atomic E-state index is 13.1. The van der Waals surface area contributed by atoms with Gasteiger partial charge in [-0.05, 0) is 24.8 Å². The Morgan fingerprint density at radius 3 is 2.55 bits per heavy atom. The van der Waals surface area contributed by atoms with Crippen LogP contribution in [0.15, 0.2) is 12.3 Å². The minimum absolute atomic E-state index is 0.00679. The van der Waals surface area contributed by atoms with Crippen molar-refractivity contribution in [1.29, 1.82) is 0 Å². The summed E-state index contributed by atoms with van der Waals surface area (Å²) in [6, 6.07) is 0.294. The van der Waals surface area contributed by atoms with Crippen LogP contribution in [0.3, 0.4) is 0 Å². The number of hydrogen-bond donors (Lipinski definition) is 1. The van der Waals surface area contributed by atoms with Gasteiger partial charge in [-0.2, -0.15) is 13.2 Å². The first kappa shape index (κ1) is 23.6. The molecule has 1 aliphatic carbocycles. The summed E-state index contributed by atoms with van der Waals surface area (Å²) in [5, 5.41) is 2.72. The molecule has 4 amide bonds. The molecule has 1 aromatic heterocycles. The normalized spacial score (nSPS) is 26.2. The van der Waals surface area contributed by atoms with Gasteiger partial charge in [0.05, 0.1) is 10.6 Å². The van der Waals surface area contributed by atoms with Gasteiger partial charge in [-0.15, -0.1) is 0 Å². The van der Waals surface area contributed by atoms with Gasteiger partial charge in [0.1, 0.15) is 17.9 Å². The number of nitrogens with one attached hydrogen (secondary N) is 1. The molecule has 0 radical (unpaired) electrons. The number of carbonyl (C=O) groups is 3. The number of rotatable bonds is 3. The Labute approximate surface area is 194 Å². The number of carbonyl (C=O) groups excluding carboxylic acids is 3. The summed E-state index contributed by atoms with van der Waals surface area (Å²) in [4.78, 5) is 46.5. The molecule has 2 saturated heterocycles. The highest BCUT2D eigenvalue weighted by atomic mass is 35.5. The lowest BCUT2D eigenvalue weighted by atomic mass is 9.73. The van der Waals surface area contributed by atoms with E-state index in [2.05, 4.69) is 10.3 Å². The molecule has 2 aliphatic heterocycles. The summed E-state index contributed by atoms with van der Waals surface area (Å²) in [7, 11) is 0. The van der Waals surface area contributed by atoms with Crippen molar-refractivity contribution in [1.82, 2.24) is 20.1 Å². The van der Waals surface area contributed by atoms with E-state index in [-0.39, 0.29) is 48.2 Å². The summed E-state index contributed by atoms with van der Waals surface area (Å²) in [6.45, 7) is 2.77. The smallest absolute Gasteiger partial charge is 0.352 e. The fraction of sp³-hybridized carbons (Fsp3) is 0.619. The fourth-order valence-electron chi connectivity index (χ4n) is 4.86. The molecule has 3 aliphatic rings. The fourth-order valence-corrected chi connectivity index (χ4v) is 5.15. The van der Waals surface area contributed by atoms with Crippen molar-refractivity contribution in [2.45, 2.75) is 44.3 Å². The van der Waals surface area contributed by atoms with Crippen molar-refractivity contribution < 1.29 is 27.6 Å². The first-order valence-electron chi connectivity index (χ1n) is 10.9. The van der Waals surface area contributed by atoms with E-state index in [9.17, 15) is 27.6 Å². The molecular formula is C21H25ClF3N5O3. The van der Waals surface area contributed by atoms with E-state index in [1.807, 2.05) is 6.92 Å². The van der Waals surface area contributed by atoms with Gasteiger partial charge >= 0.3 is 12.2 Å². The Morgan fingerprint density at radius 1 is 1.24 bits per heavy atom. The molecular weight excluding hydrogens is 463 g/mol. The molecule has 0 aromatic carbocycles.